The van der Waals surface area contributed by atoms with Crippen LogP contribution in [0.4, 0.5) is 0 Å². The van der Waals surface area contributed by atoms with Crippen molar-refractivity contribution in [2.75, 3.05) is 13.2 Å². The van der Waals surface area contributed by atoms with Gasteiger partial charge < -0.3 is 19.7 Å². The summed E-state index contributed by atoms with van der Waals surface area (Å²) in [6, 6.07) is 0. The van der Waals surface area contributed by atoms with Crippen LogP contribution in [0.2, 0.25) is 0 Å². The lowest BCUT2D eigenvalue weighted by Gasteiger charge is -2.22. The molecular formula is C34H62O4. The second-order valence-corrected chi connectivity index (χ2v) is 11.2. The molecule has 222 valence electrons. The van der Waals surface area contributed by atoms with Crippen LogP contribution < -0.4 is 9.47 Å². The van der Waals surface area contributed by atoms with Crippen molar-refractivity contribution in [2.45, 2.75) is 169 Å². The van der Waals surface area contributed by atoms with Crippen LogP contribution in [0, 0.1) is 0 Å². The zero-order valence-electron chi connectivity index (χ0n) is 25.7. The molecule has 0 fully saturated rings. The third-order valence-corrected chi connectivity index (χ3v) is 7.62. The van der Waals surface area contributed by atoms with Gasteiger partial charge in [-0.3, -0.25) is 0 Å². The molecule has 4 nitrogen and oxygen atoms in total. The van der Waals surface area contributed by atoms with E-state index in [9.17, 15) is 10.2 Å². The highest BCUT2D eigenvalue weighted by atomic mass is 16.5. The highest BCUT2D eigenvalue weighted by molar-refractivity contribution is 5.66. The molecule has 0 aliphatic rings. The summed E-state index contributed by atoms with van der Waals surface area (Å²) in [6.07, 6.45) is 25.7. The van der Waals surface area contributed by atoms with Crippen LogP contribution in [0.3, 0.4) is 0 Å². The Labute approximate surface area is 235 Å². The van der Waals surface area contributed by atoms with Crippen LogP contribution in [-0.2, 0) is 12.8 Å². The fraction of sp³-hybridized carbons (Fsp3) is 0.824. The summed E-state index contributed by atoms with van der Waals surface area (Å²) >= 11 is 0. The normalized spacial score (nSPS) is 11.3. The fourth-order valence-corrected chi connectivity index (χ4v) is 5.10. The Kier molecular flexibility index (Phi) is 21.1. The van der Waals surface area contributed by atoms with Gasteiger partial charge in [-0.1, -0.05) is 130 Å². The highest BCUT2D eigenvalue weighted by Crippen LogP contribution is 2.50. The molecule has 0 heterocycles. The molecule has 0 atom stereocenters. The third kappa shape index (κ3) is 14.0. The number of aromatic hydroxyl groups is 2. The third-order valence-electron chi connectivity index (χ3n) is 7.62. The number of benzene rings is 1. The second kappa shape index (κ2) is 23.3. The zero-order chi connectivity index (χ0) is 27.8. The van der Waals surface area contributed by atoms with E-state index in [0.717, 1.165) is 68.9 Å². The number of phenols is 2. The second-order valence-electron chi connectivity index (χ2n) is 11.2. The number of hydrogen-bond donors (Lipinski definition) is 2. The van der Waals surface area contributed by atoms with Gasteiger partial charge >= 0.3 is 0 Å². The molecule has 4 heteroatoms. The van der Waals surface area contributed by atoms with Gasteiger partial charge in [0.05, 0.1) is 13.2 Å². The van der Waals surface area contributed by atoms with Crippen molar-refractivity contribution in [3.63, 3.8) is 0 Å². The molecule has 2 N–H and O–H groups in total. The first-order valence-corrected chi connectivity index (χ1v) is 16.5. The minimum Gasteiger partial charge on any atom is -0.504 e. The molecule has 0 radical (unpaired) electrons. The van der Waals surface area contributed by atoms with Crippen molar-refractivity contribution < 1.29 is 19.7 Å². The van der Waals surface area contributed by atoms with E-state index in [4.69, 9.17) is 9.47 Å². The van der Waals surface area contributed by atoms with Gasteiger partial charge in [0.15, 0.2) is 11.5 Å². The maximum atomic E-state index is 11.1. The topological polar surface area (TPSA) is 58.9 Å². The summed E-state index contributed by atoms with van der Waals surface area (Å²) in [4.78, 5) is 0. The van der Waals surface area contributed by atoms with Crippen LogP contribution in [0.5, 0.6) is 23.0 Å². The lowest BCUT2D eigenvalue weighted by atomic mass is 9.93. The van der Waals surface area contributed by atoms with E-state index < -0.39 is 0 Å². The SMILES string of the molecule is CCCCCCCCCCc1c(O)c(O)c(OCCCC)c(OCCCC)c1CCCCCCCCCC. The summed E-state index contributed by atoms with van der Waals surface area (Å²) in [5.74, 6) is 0.905. The number of ether oxygens (including phenoxy) is 2. The van der Waals surface area contributed by atoms with Crippen molar-refractivity contribution in [2.24, 2.45) is 0 Å². The van der Waals surface area contributed by atoms with Gasteiger partial charge in [0.1, 0.15) is 0 Å². The number of hydrogen-bond acceptors (Lipinski definition) is 4. The molecule has 0 amide bonds. The van der Waals surface area contributed by atoms with Crippen molar-refractivity contribution in [1.29, 1.82) is 0 Å². The molecule has 0 bridgehead atoms. The van der Waals surface area contributed by atoms with Crippen LogP contribution >= 0.6 is 0 Å². The molecule has 1 aromatic rings. The quantitative estimate of drug-likeness (QED) is 0.0916. The predicted molar refractivity (Wildman–Crippen MR) is 163 cm³/mol. The van der Waals surface area contributed by atoms with E-state index in [1.54, 1.807) is 0 Å². The van der Waals surface area contributed by atoms with E-state index >= 15 is 0 Å². The minimum atomic E-state index is -0.137. The smallest absolute Gasteiger partial charge is 0.207 e. The van der Waals surface area contributed by atoms with E-state index in [0.29, 0.717) is 24.7 Å². The molecule has 0 aromatic heterocycles. The maximum Gasteiger partial charge on any atom is 0.207 e. The Morgan fingerprint density at radius 1 is 0.395 bits per heavy atom. The zero-order valence-corrected chi connectivity index (χ0v) is 25.7. The Hall–Kier alpha value is -1.58. The van der Waals surface area contributed by atoms with E-state index in [1.165, 1.54) is 83.5 Å². The summed E-state index contributed by atoms with van der Waals surface area (Å²) in [7, 11) is 0. The van der Waals surface area contributed by atoms with E-state index in [2.05, 4.69) is 27.7 Å². The van der Waals surface area contributed by atoms with Gasteiger partial charge in [-0.2, -0.15) is 0 Å². The highest BCUT2D eigenvalue weighted by Gasteiger charge is 2.26. The van der Waals surface area contributed by atoms with Crippen LogP contribution in [-0.4, -0.2) is 23.4 Å². The Balaban J connectivity index is 3.00. The summed E-state index contributed by atoms with van der Waals surface area (Å²) in [5, 5.41) is 22.2. The molecule has 1 aromatic carbocycles. The van der Waals surface area contributed by atoms with Crippen molar-refractivity contribution in [1.82, 2.24) is 0 Å². The molecule has 0 aliphatic carbocycles. The first kappa shape index (κ1) is 34.4. The monoisotopic (exact) mass is 534 g/mol. The van der Waals surface area contributed by atoms with Crippen molar-refractivity contribution >= 4 is 0 Å². The van der Waals surface area contributed by atoms with Gasteiger partial charge in [-0.15, -0.1) is 0 Å². The molecule has 0 saturated carbocycles. The number of rotatable bonds is 26. The molecule has 38 heavy (non-hydrogen) atoms. The van der Waals surface area contributed by atoms with Crippen molar-refractivity contribution in [3.05, 3.63) is 11.1 Å². The average molecular weight is 535 g/mol. The molecule has 0 spiro atoms. The first-order valence-electron chi connectivity index (χ1n) is 16.5. The van der Waals surface area contributed by atoms with Crippen LogP contribution in [0.25, 0.3) is 0 Å². The van der Waals surface area contributed by atoms with E-state index in [1.807, 2.05) is 0 Å². The summed E-state index contributed by atoms with van der Waals surface area (Å²) in [6.45, 7) is 9.92. The molecular weight excluding hydrogens is 472 g/mol. The van der Waals surface area contributed by atoms with Gasteiger partial charge in [-0.05, 0) is 38.5 Å². The van der Waals surface area contributed by atoms with Gasteiger partial charge in [0.2, 0.25) is 11.5 Å². The van der Waals surface area contributed by atoms with Crippen LogP contribution in [0.1, 0.15) is 167 Å². The molecule has 0 unspecified atom stereocenters. The molecule has 0 aliphatic heterocycles. The Bertz CT molecular complexity index is 700. The number of phenolic OH excluding ortho intramolecular Hbond substituents is 2. The Morgan fingerprint density at radius 2 is 0.763 bits per heavy atom. The largest absolute Gasteiger partial charge is 0.504 e. The molecule has 1 rings (SSSR count). The first-order chi connectivity index (χ1) is 18.6. The van der Waals surface area contributed by atoms with Gasteiger partial charge in [-0.25, -0.2) is 0 Å². The molecule has 0 saturated heterocycles. The van der Waals surface area contributed by atoms with Crippen LogP contribution in [0.15, 0.2) is 0 Å². The minimum absolute atomic E-state index is 0.0110. The maximum absolute atomic E-state index is 11.1. The Morgan fingerprint density at radius 3 is 1.21 bits per heavy atom. The lowest BCUT2D eigenvalue weighted by molar-refractivity contribution is 0.245. The van der Waals surface area contributed by atoms with E-state index in [-0.39, 0.29) is 11.5 Å². The summed E-state index contributed by atoms with van der Waals surface area (Å²) in [5.41, 5.74) is 1.95. The standard InChI is InChI=1S/C34H62O4/c1-5-9-13-15-17-19-21-23-25-29-30(26-24-22-20-18-16-14-10-6-2)33(37-27-11-7-3)34(32(36)31(29)35)38-28-12-8-4/h35-36H,5-28H2,1-4H3. The fourth-order valence-electron chi connectivity index (χ4n) is 5.10. The van der Waals surface area contributed by atoms with Gasteiger partial charge in [0, 0.05) is 11.1 Å². The lowest BCUT2D eigenvalue weighted by Crippen LogP contribution is -2.08. The summed E-state index contributed by atoms with van der Waals surface area (Å²) < 4.78 is 12.4. The average Bonchev–Trinajstić information content (AvgIpc) is 2.92. The van der Waals surface area contributed by atoms with Crippen molar-refractivity contribution in [3.8, 4) is 23.0 Å². The number of unbranched alkanes of at least 4 members (excludes halogenated alkanes) is 16. The predicted octanol–water partition coefficient (Wildman–Crippen LogP) is 10.8. The van der Waals surface area contributed by atoms with Gasteiger partial charge in [0.25, 0.3) is 0 Å².